The van der Waals surface area contributed by atoms with Gasteiger partial charge in [-0.25, -0.2) is 9.78 Å². The number of hydrogen-bond donors (Lipinski definition) is 1. The predicted octanol–water partition coefficient (Wildman–Crippen LogP) is 3.57. The van der Waals surface area contributed by atoms with E-state index in [0.29, 0.717) is 0 Å². The van der Waals surface area contributed by atoms with Crippen molar-refractivity contribution in [1.29, 1.82) is 0 Å². The third-order valence-electron chi connectivity index (χ3n) is 2.25. The summed E-state index contributed by atoms with van der Waals surface area (Å²) in [6.07, 6.45) is -4.79. The highest BCUT2D eigenvalue weighted by molar-refractivity contribution is 7.14. The van der Waals surface area contributed by atoms with E-state index >= 15 is 0 Å². The number of nitrogens with zero attached hydrogens (tertiary/aromatic N) is 1. The summed E-state index contributed by atoms with van der Waals surface area (Å²) in [7, 11) is 1.21. The van der Waals surface area contributed by atoms with Gasteiger partial charge in [-0.3, -0.25) is 0 Å². The number of carbonyl (C=O) groups excluding carboxylic acids is 1. The van der Waals surface area contributed by atoms with Crippen LogP contribution in [0, 0.1) is 0 Å². The minimum atomic E-state index is -4.79. The van der Waals surface area contributed by atoms with Crippen LogP contribution in [0.4, 0.5) is 24.0 Å². The molecule has 1 aromatic heterocycles. The molecule has 2 aromatic rings. The van der Waals surface area contributed by atoms with Crippen molar-refractivity contribution in [2.75, 3.05) is 12.4 Å². The lowest BCUT2D eigenvalue weighted by Gasteiger charge is -2.13. The maximum absolute atomic E-state index is 12.3. The summed E-state index contributed by atoms with van der Waals surface area (Å²) >= 11 is 1.05. The zero-order chi connectivity index (χ0) is 15.5. The number of alkyl halides is 3. The van der Waals surface area contributed by atoms with Crippen molar-refractivity contribution < 1.29 is 27.4 Å². The molecule has 0 saturated heterocycles. The number of thiazole rings is 1. The molecule has 0 unspecified atom stereocenters. The number of benzene rings is 1. The van der Waals surface area contributed by atoms with Crippen LogP contribution in [0.25, 0.3) is 0 Å². The summed E-state index contributed by atoms with van der Waals surface area (Å²) in [5.74, 6) is -1.01. The van der Waals surface area contributed by atoms with Crippen molar-refractivity contribution in [2.45, 2.75) is 6.36 Å². The fourth-order valence-corrected chi connectivity index (χ4v) is 2.12. The fourth-order valence-electron chi connectivity index (χ4n) is 1.43. The van der Waals surface area contributed by atoms with E-state index in [4.69, 9.17) is 0 Å². The number of methoxy groups -OCH3 is 1. The Balaban J connectivity index is 2.20. The fraction of sp³-hybridized carbons (Fsp3) is 0.167. The van der Waals surface area contributed by atoms with Gasteiger partial charge in [-0.05, 0) is 12.1 Å². The van der Waals surface area contributed by atoms with E-state index in [1.165, 1.54) is 30.7 Å². The minimum absolute atomic E-state index is 0.0687. The number of aromatic nitrogens is 1. The Kier molecular flexibility index (Phi) is 4.32. The monoisotopic (exact) mass is 318 g/mol. The SMILES string of the molecule is COC(=O)c1csc(Nc2ccccc2OC(F)(F)F)n1. The normalized spacial score (nSPS) is 11.0. The van der Waals surface area contributed by atoms with Crippen molar-refractivity contribution in [2.24, 2.45) is 0 Å². The Hall–Kier alpha value is -2.29. The van der Waals surface area contributed by atoms with E-state index < -0.39 is 12.3 Å². The van der Waals surface area contributed by atoms with Gasteiger partial charge in [0.15, 0.2) is 16.6 Å². The second-order valence-electron chi connectivity index (χ2n) is 3.70. The van der Waals surface area contributed by atoms with E-state index in [1.54, 1.807) is 6.07 Å². The average molecular weight is 318 g/mol. The van der Waals surface area contributed by atoms with Crippen LogP contribution < -0.4 is 10.1 Å². The summed E-state index contributed by atoms with van der Waals surface area (Å²) in [4.78, 5) is 15.2. The number of nitrogens with one attached hydrogen (secondary N) is 1. The first-order chi connectivity index (χ1) is 9.89. The highest BCUT2D eigenvalue weighted by Crippen LogP contribution is 2.32. The summed E-state index contributed by atoms with van der Waals surface area (Å²) < 4.78 is 45.3. The highest BCUT2D eigenvalue weighted by Gasteiger charge is 2.32. The smallest absolute Gasteiger partial charge is 0.464 e. The number of esters is 1. The van der Waals surface area contributed by atoms with E-state index in [-0.39, 0.29) is 22.3 Å². The Morgan fingerprint density at radius 2 is 2.05 bits per heavy atom. The van der Waals surface area contributed by atoms with E-state index in [2.05, 4.69) is 19.8 Å². The van der Waals surface area contributed by atoms with E-state index in [9.17, 15) is 18.0 Å². The van der Waals surface area contributed by atoms with Crippen LogP contribution in [-0.2, 0) is 4.74 Å². The lowest BCUT2D eigenvalue weighted by molar-refractivity contribution is -0.274. The Labute approximate surface area is 121 Å². The topological polar surface area (TPSA) is 60.5 Å². The van der Waals surface area contributed by atoms with Crippen LogP contribution in [0.1, 0.15) is 10.5 Å². The Morgan fingerprint density at radius 1 is 1.33 bits per heavy atom. The second kappa shape index (κ2) is 6.00. The third-order valence-corrected chi connectivity index (χ3v) is 3.01. The number of ether oxygens (including phenoxy) is 2. The van der Waals surface area contributed by atoms with E-state index in [1.807, 2.05) is 0 Å². The van der Waals surface area contributed by atoms with Gasteiger partial charge in [0, 0.05) is 5.38 Å². The molecule has 1 N–H and O–H groups in total. The summed E-state index contributed by atoms with van der Waals surface area (Å²) in [6.45, 7) is 0. The number of carbonyl (C=O) groups is 1. The molecule has 0 saturated carbocycles. The molecule has 0 amide bonds. The van der Waals surface area contributed by atoms with Crippen LogP contribution in [0.15, 0.2) is 29.6 Å². The molecular weight excluding hydrogens is 309 g/mol. The second-order valence-corrected chi connectivity index (χ2v) is 4.56. The average Bonchev–Trinajstić information content (AvgIpc) is 2.87. The lowest BCUT2D eigenvalue weighted by Crippen LogP contribution is -2.17. The zero-order valence-electron chi connectivity index (χ0n) is 10.6. The predicted molar refractivity (Wildman–Crippen MR) is 69.9 cm³/mol. The van der Waals surface area contributed by atoms with Gasteiger partial charge >= 0.3 is 12.3 Å². The molecule has 21 heavy (non-hydrogen) atoms. The van der Waals surface area contributed by atoms with Gasteiger partial charge in [0.25, 0.3) is 0 Å². The molecule has 9 heteroatoms. The van der Waals surface area contributed by atoms with Gasteiger partial charge in [0.2, 0.25) is 0 Å². The zero-order valence-corrected chi connectivity index (χ0v) is 11.4. The molecule has 0 aliphatic carbocycles. The first kappa shape index (κ1) is 15.1. The molecular formula is C12H9F3N2O3S. The van der Waals surface area contributed by atoms with Crippen LogP contribution in [0.3, 0.4) is 0 Å². The molecule has 0 aliphatic rings. The molecule has 0 atom stereocenters. The molecule has 112 valence electrons. The molecule has 0 spiro atoms. The van der Waals surface area contributed by atoms with Crippen molar-refractivity contribution in [3.8, 4) is 5.75 Å². The van der Waals surface area contributed by atoms with Crippen LogP contribution in [0.5, 0.6) is 5.75 Å². The molecule has 5 nitrogen and oxygen atoms in total. The molecule has 0 aliphatic heterocycles. The van der Waals surface area contributed by atoms with Gasteiger partial charge in [0.1, 0.15) is 0 Å². The molecule has 0 bridgehead atoms. The van der Waals surface area contributed by atoms with Crippen molar-refractivity contribution >= 4 is 28.1 Å². The quantitative estimate of drug-likeness (QED) is 0.873. The number of halogens is 3. The summed E-state index contributed by atoms with van der Waals surface area (Å²) in [5, 5.41) is 4.35. The Morgan fingerprint density at radius 3 is 2.71 bits per heavy atom. The van der Waals surface area contributed by atoms with Gasteiger partial charge in [0.05, 0.1) is 12.8 Å². The Bertz CT molecular complexity index is 643. The number of hydrogen-bond acceptors (Lipinski definition) is 6. The highest BCUT2D eigenvalue weighted by atomic mass is 32.1. The minimum Gasteiger partial charge on any atom is -0.464 e. The summed E-state index contributed by atoms with van der Waals surface area (Å²) in [6, 6.07) is 5.53. The lowest BCUT2D eigenvalue weighted by atomic mass is 10.3. The van der Waals surface area contributed by atoms with Gasteiger partial charge in [-0.1, -0.05) is 12.1 Å². The molecule has 1 aromatic carbocycles. The maximum Gasteiger partial charge on any atom is 0.573 e. The molecule has 2 rings (SSSR count). The standard InChI is InChI=1S/C12H9F3N2O3S/c1-19-10(18)8-6-21-11(17-8)16-7-4-2-3-5-9(7)20-12(13,14)15/h2-6H,1H3,(H,16,17). The van der Waals surface area contributed by atoms with Gasteiger partial charge in [-0.2, -0.15) is 0 Å². The van der Waals surface area contributed by atoms with Crippen molar-refractivity contribution in [3.63, 3.8) is 0 Å². The number of anilines is 2. The van der Waals surface area contributed by atoms with Gasteiger partial charge < -0.3 is 14.8 Å². The first-order valence-electron chi connectivity index (χ1n) is 5.54. The largest absolute Gasteiger partial charge is 0.573 e. The first-order valence-corrected chi connectivity index (χ1v) is 6.42. The molecule has 1 heterocycles. The van der Waals surface area contributed by atoms with Crippen LogP contribution in [0.2, 0.25) is 0 Å². The molecule has 0 radical (unpaired) electrons. The number of para-hydroxylation sites is 2. The third kappa shape index (κ3) is 4.09. The van der Waals surface area contributed by atoms with E-state index in [0.717, 1.165) is 11.3 Å². The summed E-state index contributed by atoms with van der Waals surface area (Å²) in [5.41, 5.74) is 0.153. The van der Waals surface area contributed by atoms with Crippen molar-refractivity contribution in [3.05, 3.63) is 35.3 Å². The maximum atomic E-state index is 12.3. The number of rotatable bonds is 4. The van der Waals surface area contributed by atoms with Crippen molar-refractivity contribution in [1.82, 2.24) is 4.98 Å². The van der Waals surface area contributed by atoms with Crippen LogP contribution in [-0.4, -0.2) is 24.4 Å². The molecule has 0 fully saturated rings. The van der Waals surface area contributed by atoms with Crippen LogP contribution >= 0.6 is 11.3 Å². The van der Waals surface area contributed by atoms with Gasteiger partial charge in [-0.15, -0.1) is 24.5 Å².